The summed E-state index contributed by atoms with van der Waals surface area (Å²) in [7, 11) is 6.37. The fourth-order valence-corrected chi connectivity index (χ4v) is 3.60. The van der Waals surface area contributed by atoms with Crippen LogP contribution in [0.3, 0.4) is 0 Å². The summed E-state index contributed by atoms with van der Waals surface area (Å²) in [5.41, 5.74) is 3.56. The van der Waals surface area contributed by atoms with Crippen LogP contribution in [0.1, 0.15) is 29.5 Å². The second kappa shape index (κ2) is 9.52. The molecule has 30 heavy (non-hydrogen) atoms. The molecule has 7 nitrogen and oxygen atoms in total. The van der Waals surface area contributed by atoms with Crippen LogP contribution < -0.4 is 18.9 Å². The molecule has 2 aromatic carbocycles. The van der Waals surface area contributed by atoms with Crippen LogP contribution >= 0.6 is 0 Å². The van der Waals surface area contributed by atoms with Gasteiger partial charge in [0.15, 0.2) is 23.0 Å². The van der Waals surface area contributed by atoms with E-state index in [0.29, 0.717) is 42.6 Å². The summed E-state index contributed by atoms with van der Waals surface area (Å²) in [6.07, 6.45) is 0.568. The zero-order chi connectivity index (χ0) is 21.7. The van der Waals surface area contributed by atoms with E-state index < -0.39 is 5.92 Å². The lowest BCUT2D eigenvalue weighted by Crippen LogP contribution is -2.26. The van der Waals surface area contributed by atoms with E-state index in [9.17, 15) is 4.79 Å². The number of hydrogen-bond acceptors (Lipinski definition) is 7. The van der Waals surface area contributed by atoms with Gasteiger partial charge in [0.05, 0.1) is 41.6 Å². The van der Waals surface area contributed by atoms with Crippen molar-refractivity contribution in [1.82, 2.24) is 0 Å². The average Bonchev–Trinajstić information content (AvgIpc) is 2.78. The minimum atomic E-state index is -0.478. The second-order valence-corrected chi connectivity index (χ2v) is 6.75. The molecule has 0 fully saturated rings. The first-order chi connectivity index (χ1) is 14.6. The van der Waals surface area contributed by atoms with Crippen molar-refractivity contribution in [1.29, 1.82) is 0 Å². The van der Waals surface area contributed by atoms with E-state index in [2.05, 4.69) is 0 Å². The first-order valence-corrected chi connectivity index (χ1v) is 9.73. The maximum Gasteiger partial charge on any atom is 0.315 e. The Kier molecular flexibility index (Phi) is 6.82. The molecule has 7 heteroatoms. The first-order valence-electron chi connectivity index (χ1n) is 9.73. The van der Waals surface area contributed by atoms with Crippen molar-refractivity contribution in [2.45, 2.75) is 19.3 Å². The van der Waals surface area contributed by atoms with Crippen LogP contribution in [0.2, 0.25) is 0 Å². The Labute approximate surface area is 176 Å². The number of rotatable bonds is 8. The first kappa shape index (κ1) is 21.5. The highest BCUT2D eigenvalue weighted by atomic mass is 16.5. The number of methoxy groups -OCH3 is 4. The van der Waals surface area contributed by atoms with Crippen molar-refractivity contribution in [3.05, 3.63) is 47.0 Å². The van der Waals surface area contributed by atoms with Gasteiger partial charge in [0.25, 0.3) is 0 Å². The van der Waals surface area contributed by atoms with Gasteiger partial charge in [0.2, 0.25) is 0 Å². The molecule has 1 unspecified atom stereocenters. The van der Waals surface area contributed by atoms with Crippen LogP contribution in [0.25, 0.3) is 0 Å². The molecule has 0 radical (unpaired) electrons. The molecule has 3 rings (SSSR count). The van der Waals surface area contributed by atoms with Crippen LogP contribution in [-0.2, 0) is 16.0 Å². The van der Waals surface area contributed by atoms with Crippen molar-refractivity contribution in [2.75, 3.05) is 41.6 Å². The highest BCUT2D eigenvalue weighted by Crippen LogP contribution is 2.38. The number of nitrogens with zero attached hydrogens (tertiary/aromatic N) is 1. The van der Waals surface area contributed by atoms with Crippen LogP contribution in [0.5, 0.6) is 23.0 Å². The van der Waals surface area contributed by atoms with Crippen molar-refractivity contribution in [2.24, 2.45) is 4.99 Å². The lowest BCUT2D eigenvalue weighted by molar-refractivity contribution is -0.144. The Balaban J connectivity index is 2.02. The molecule has 0 bridgehead atoms. The molecule has 1 aliphatic rings. The Hall–Kier alpha value is -3.22. The molecule has 0 aromatic heterocycles. The highest BCUT2D eigenvalue weighted by molar-refractivity contribution is 6.06. The summed E-state index contributed by atoms with van der Waals surface area (Å²) in [6, 6.07) is 9.49. The fraction of sp³-hybridized carbons (Fsp3) is 0.391. The lowest BCUT2D eigenvalue weighted by atomic mass is 9.86. The summed E-state index contributed by atoms with van der Waals surface area (Å²) < 4.78 is 26.9. The van der Waals surface area contributed by atoms with Gasteiger partial charge in [-0.3, -0.25) is 9.79 Å². The SMILES string of the molecule is CCOC(=O)C1CN=C(Cc2ccc(OC)c(OC)c2)c2cc(OC)c(OC)cc21. The molecule has 0 N–H and O–H groups in total. The summed E-state index contributed by atoms with van der Waals surface area (Å²) in [6.45, 7) is 2.44. The van der Waals surface area contributed by atoms with Gasteiger partial charge in [-0.15, -0.1) is 0 Å². The topological polar surface area (TPSA) is 75.6 Å². The lowest BCUT2D eigenvalue weighted by Gasteiger charge is -2.25. The van der Waals surface area contributed by atoms with E-state index >= 15 is 0 Å². The number of ether oxygens (including phenoxy) is 5. The fourth-order valence-electron chi connectivity index (χ4n) is 3.60. The smallest absolute Gasteiger partial charge is 0.315 e. The minimum Gasteiger partial charge on any atom is -0.493 e. The maximum atomic E-state index is 12.5. The van der Waals surface area contributed by atoms with Gasteiger partial charge < -0.3 is 23.7 Å². The predicted octanol–water partition coefficient (Wildman–Crippen LogP) is 3.41. The molecule has 1 aliphatic heterocycles. The van der Waals surface area contributed by atoms with E-state index in [-0.39, 0.29) is 5.97 Å². The maximum absolute atomic E-state index is 12.5. The summed E-state index contributed by atoms with van der Waals surface area (Å²) in [5, 5.41) is 0. The monoisotopic (exact) mass is 413 g/mol. The second-order valence-electron chi connectivity index (χ2n) is 6.75. The third-order valence-corrected chi connectivity index (χ3v) is 5.10. The molecule has 0 saturated carbocycles. The van der Waals surface area contributed by atoms with Crippen LogP contribution in [0.15, 0.2) is 35.3 Å². The molecule has 2 aromatic rings. The molecule has 0 spiro atoms. The molecule has 0 aliphatic carbocycles. The van der Waals surface area contributed by atoms with Crippen LogP contribution in [-0.4, -0.2) is 53.3 Å². The molecular weight excluding hydrogens is 386 g/mol. The number of fused-ring (bicyclic) bond motifs is 1. The normalized spacial score (nSPS) is 15.0. The van der Waals surface area contributed by atoms with Gasteiger partial charge in [0.1, 0.15) is 5.92 Å². The quantitative estimate of drug-likeness (QED) is 0.618. The summed E-state index contributed by atoms with van der Waals surface area (Å²) in [5.74, 6) is 1.71. The van der Waals surface area contributed by atoms with Crippen molar-refractivity contribution >= 4 is 11.7 Å². The van der Waals surface area contributed by atoms with E-state index in [1.165, 1.54) is 0 Å². The van der Waals surface area contributed by atoms with E-state index in [1.807, 2.05) is 30.3 Å². The predicted molar refractivity (Wildman–Crippen MR) is 114 cm³/mol. The summed E-state index contributed by atoms with van der Waals surface area (Å²) in [4.78, 5) is 17.3. The molecule has 160 valence electrons. The van der Waals surface area contributed by atoms with Gasteiger partial charge in [-0.25, -0.2) is 0 Å². The number of hydrogen-bond donors (Lipinski definition) is 0. The minimum absolute atomic E-state index is 0.292. The van der Waals surface area contributed by atoms with Crippen molar-refractivity contribution in [3.63, 3.8) is 0 Å². The van der Waals surface area contributed by atoms with Crippen molar-refractivity contribution in [3.8, 4) is 23.0 Å². The van der Waals surface area contributed by atoms with Gasteiger partial charge in [-0.05, 0) is 42.3 Å². The van der Waals surface area contributed by atoms with Gasteiger partial charge in [-0.1, -0.05) is 6.07 Å². The number of aliphatic imine (C=N–C) groups is 1. The van der Waals surface area contributed by atoms with Gasteiger partial charge in [-0.2, -0.15) is 0 Å². The number of carbonyl (C=O) groups is 1. The van der Waals surface area contributed by atoms with Crippen LogP contribution in [0.4, 0.5) is 0 Å². The number of carbonyl (C=O) groups excluding carboxylic acids is 1. The zero-order valence-corrected chi connectivity index (χ0v) is 18.0. The molecule has 0 saturated heterocycles. The van der Waals surface area contributed by atoms with Gasteiger partial charge in [0, 0.05) is 17.7 Å². The Morgan fingerprint density at radius 1 is 0.933 bits per heavy atom. The third kappa shape index (κ3) is 4.20. The highest BCUT2D eigenvalue weighted by Gasteiger charge is 2.31. The Bertz CT molecular complexity index is 953. The Morgan fingerprint density at radius 2 is 1.57 bits per heavy atom. The van der Waals surface area contributed by atoms with Crippen LogP contribution in [0, 0.1) is 0 Å². The van der Waals surface area contributed by atoms with E-state index in [0.717, 1.165) is 22.4 Å². The average molecular weight is 413 g/mol. The van der Waals surface area contributed by atoms with E-state index in [4.69, 9.17) is 28.7 Å². The standard InChI is InChI=1S/C23H27NO6/c1-6-30-23(25)17-13-24-18(9-14-7-8-19(26-2)20(10-14)27-3)16-12-22(29-5)21(28-4)11-15(16)17/h7-8,10-12,17H,6,9,13H2,1-5H3. The third-order valence-electron chi connectivity index (χ3n) is 5.10. The zero-order valence-electron chi connectivity index (χ0n) is 18.0. The van der Waals surface area contributed by atoms with Crippen molar-refractivity contribution < 1.29 is 28.5 Å². The Morgan fingerprint density at radius 3 is 2.20 bits per heavy atom. The molecule has 1 heterocycles. The number of esters is 1. The molecule has 0 amide bonds. The van der Waals surface area contributed by atoms with E-state index in [1.54, 1.807) is 35.4 Å². The molecular formula is C23H27NO6. The van der Waals surface area contributed by atoms with Gasteiger partial charge >= 0.3 is 5.97 Å². The summed E-state index contributed by atoms with van der Waals surface area (Å²) >= 11 is 0. The largest absolute Gasteiger partial charge is 0.493 e. The number of benzene rings is 2. The molecule has 1 atom stereocenters.